The van der Waals surface area contributed by atoms with Crippen LogP contribution in [0.2, 0.25) is 0 Å². The molecule has 1 atom stereocenters. The van der Waals surface area contributed by atoms with E-state index < -0.39 is 0 Å². The van der Waals surface area contributed by atoms with Crippen molar-refractivity contribution in [2.75, 3.05) is 6.54 Å². The average Bonchev–Trinajstić information content (AvgIpc) is 2.95. The summed E-state index contributed by atoms with van der Waals surface area (Å²) in [5, 5.41) is 16.6. The molecule has 0 spiro atoms. The third-order valence-electron chi connectivity index (χ3n) is 3.43. The molecule has 1 aliphatic heterocycles. The van der Waals surface area contributed by atoms with Crippen LogP contribution in [-0.4, -0.2) is 26.4 Å². The number of nitrogens with zero attached hydrogens (tertiary/aromatic N) is 4. The van der Waals surface area contributed by atoms with Crippen LogP contribution in [0.5, 0.6) is 0 Å². The monoisotopic (exact) mass is 245 g/mol. The normalized spacial score (nSPS) is 20.7. The molecule has 1 aliphatic rings. The van der Waals surface area contributed by atoms with Gasteiger partial charge in [-0.3, -0.25) is 0 Å². The van der Waals surface area contributed by atoms with Crippen molar-refractivity contribution in [3.05, 3.63) is 23.7 Å². The van der Waals surface area contributed by atoms with Crippen LogP contribution in [0.25, 0.3) is 5.65 Å². The van der Waals surface area contributed by atoms with Crippen molar-refractivity contribution in [3.8, 4) is 0 Å². The summed E-state index contributed by atoms with van der Waals surface area (Å²) in [4.78, 5) is 0. The van der Waals surface area contributed by atoms with Gasteiger partial charge in [0.15, 0.2) is 11.5 Å². The fraction of sp³-hybridized carbons (Fsp3) is 0.615. The molecule has 0 bridgehead atoms. The molecule has 3 rings (SSSR count). The Morgan fingerprint density at radius 2 is 2.11 bits per heavy atom. The lowest BCUT2D eigenvalue weighted by Gasteiger charge is -2.17. The molecule has 0 aliphatic carbocycles. The summed E-state index contributed by atoms with van der Waals surface area (Å²) < 4.78 is 1.89. The molecule has 18 heavy (non-hydrogen) atoms. The van der Waals surface area contributed by atoms with Gasteiger partial charge in [0.2, 0.25) is 0 Å². The first-order chi connectivity index (χ1) is 8.55. The van der Waals surface area contributed by atoms with E-state index >= 15 is 0 Å². The van der Waals surface area contributed by atoms with Crippen molar-refractivity contribution in [3.63, 3.8) is 0 Å². The Kier molecular flexibility index (Phi) is 2.59. The highest BCUT2D eigenvalue weighted by Gasteiger charge is 2.23. The Morgan fingerprint density at radius 3 is 2.78 bits per heavy atom. The van der Waals surface area contributed by atoms with Crippen LogP contribution in [0.1, 0.15) is 51.2 Å². The summed E-state index contributed by atoms with van der Waals surface area (Å²) in [7, 11) is 0. The topological polar surface area (TPSA) is 55.1 Å². The fourth-order valence-electron chi connectivity index (χ4n) is 2.33. The van der Waals surface area contributed by atoms with Gasteiger partial charge >= 0.3 is 0 Å². The Bertz CT molecular complexity index is 560. The maximum absolute atomic E-state index is 4.70. The van der Waals surface area contributed by atoms with E-state index in [1.165, 1.54) is 6.42 Å². The summed E-state index contributed by atoms with van der Waals surface area (Å²) in [5.74, 6) is 0.939. The average molecular weight is 245 g/mol. The number of hydrogen-bond acceptors (Lipinski definition) is 4. The van der Waals surface area contributed by atoms with Crippen molar-refractivity contribution >= 4 is 5.65 Å². The summed E-state index contributed by atoms with van der Waals surface area (Å²) in [6.45, 7) is 7.55. The zero-order valence-electron chi connectivity index (χ0n) is 11.1. The van der Waals surface area contributed by atoms with Gasteiger partial charge in [-0.1, -0.05) is 20.8 Å². The minimum atomic E-state index is 0.0405. The maximum atomic E-state index is 4.70. The van der Waals surface area contributed by atoms with Crippen LogP contribution < -0.4 is 5.32 Å². The van der Waals surface area contributed by atoms with E-state index in [1.54, 1.807) is 0 Å². The van der Waals surface area contributed by atoms with Gasteiger partial charge in [-0.15, -0.1) is 10.2 Å². The van der Waals surface area contributed by atoms with Crippen molar-refractivity contribution in [1.82, 2.24) is 25.1 Å². The Labute approximate surface area is 107 Å². The van der Waals surface area contributed by atoms with Gasteiger partial charge < -0.3 is 5.32 Å². The summed E-state index contributed by atoms with van der Waals surface area (Å²) in [5.41, 5.74) is 1.93. The van der Waals surface area contributed by atoms with Gasteiger partial charge in [-0.05, 0) is 31.5 Å². The predicted octanol–water partition coefficient (Wildman–Crippen LogP) is 1.85. The zero-order chi connectivity index (χ0) is 12.8. The van der Waals surface area contributed by atoms with Gasteiger partial charge in [0.05, 0.1) is 11.7 Å². The molecule has 0 saturated carbocycles. The second kappa shape index (κ2) is 4.02. The smallest absolute Gasteiger partial charge is 0.177 e. The first-order valence-electron chi connectivity index (χ1n) is 6.52. The van der Waals surface area contributed by atoms with E-state index in [9.17, 15) is 0 Å². The van der Waals surface area contributed by atoms with Gasteiger partial charge in [0, 0.05) is 5.41 Å². The van der Waals surface area contributed by atoms with Crippen LogP contribution in [0, 0.1) is 0 Å². The largest absolute Gasteiger partial charge is 0.307 e. The van der Waals surface area contributed by atoms with Crippen LogP contribution >= 0.6 is 0 Å². The second-order valence-corrected chi connectivity index (χ2v) is 5.95. The van der Waals surface area contributed by atoms with Crippen molar-refractivity contribution in [2.24, 2.45) is 0 Å². The SMILES string of the molecule is CC(C)(C)c1ccc2nnc([C@H]3CCCN3)n2n1. The third-order valence-corrected chi connectivity index (χ3v) is 3.43. The summed E-state index contributed by atoms with van der Waals surface area (Å²) >= 11 is 0. The zero-order valence-corrected chi connectivity index (χ0v) is 11.1. The molecule has 5 nitrogen and oxygen atoms in total. The van der Waals surface area contributed by atoms with Crippen molar-refractivity contribution < 1.29 is 0 Å². The lowest BCUT2D eigenvalue weighted by atomic mass is 9.92. The molecular weight excluding hydrogens is 226 g/mol. The molecule has 0 unspecified atom stereocenters. The first kappa shape index (κ1) is 11.6. The van der Waals surface area contributed by atoms with Gasteiger partial charge in [0.1, 0.15) is 0 Å². The van der Waals surface area contributed by atoms with Crippen LogP contribution in [0.4, 0.5) is 0 Å². The molecule has 1 fully saturated rings. The minimum absolute atomic E-state index is 0.0405. The molecule has 3 heterocycles. The van der Waals surface area contributed by atoms with Gasteiger partial charge in [0.25, 0.3) is 0 Å². The maximum Gasteiger partial charge on any atom is 0.177 e. The molecular formula is C13H19N5. The molecule has 0 aromatic carbocycles. The highest BCUT2D eigenvalue weighted by atomic mass is 15.4. The van der Waals surface area contributed by atoms with E-state index in [0.29, 0.717) is 6.04 Å². The predicted molar refractivity (Wildman–Crippen MR) is 69.5 cm³/mol. The van der Waals surface area contributed by atoms with Crippen LogP contribution in [0.15, 0.2) is 12.1 Å². The Morgan fingerprint density at radius 1 is 1.28 bits per heavy atom. The van der Waals surface area contributed by atoms with Crippen LogP contribution in [-0.2, 0) is 5.41 Å². The molecule has 96 valence electrons. The number of rotatable bonds is 1. The van der Waals surface area contributed by atoms with Gasteiger partial charge in [-0.25, -0.2) is 0 Å². The fourth-order valence-corrected chi connectivity index (χ4v) is 2.33. The standard InChI is InChI=1S/C13H19N5/c1-13(2,3)10-6-7-11-15-16-12(18(11)17-10)9-5-4-8-14-9/h6-7,9,14H,4-5,8H2,1-3H3/t9-/m1/s1. The molecule has 1 saturated heterocycles. The third kappa shape index (κ3) is 1.88. The van der Waals surface area contributed by atoms with E-state index in [4.69, 9.17) is 5.10 Å². The lowest BCUT2D eigenvalue weighted by molar-refractivity contribution is 0.536. The van der Waals surface area contributed by atoms with Crippen molar-refractivity contribution in [2.45, 2.75) is 45.1 Å². The minimum Gasteiger partial charge on any atom is -0.307 e. The van der Waals surface area contributed by atoms with Gasteiger partial charge in [-0.2, -0.15) is 9.61 Å². The summed E-state index contributed by atoms with van der Waals surface area (Å²) in [6.07, 6.45) is 2.31. The highest BCUT2D eigenvalue weighted by molar-refractivity contribution is 5.37. The number of nitrogens with one attached hydrogen (secondary N) is 1. The first-order valence-corrected chi connectivity index (χ1v) is 6.52. The number of hydrogen-bond donors (Lipinski definition) is 1. The van der Waals surface area contributed by atoms with Crippen molar-refractivity contribution in [1.29, 1.82) is 0 Å². The van der Waals surface area contributed by atoms with E-state index in [2.05, 4.69) is 36.3 Å². The molecule has 1 N–H and O–H groups in total. The van der Waals surface area contributed by atoms with E-state index in [-0.39, 0.29) is 5.41 Å². The highest BCUT2D eigenvalue weighted by Crippen LogP contribution is 2.24. The van der Waals surface area contributed by atoms with Crippen LogP contribution in [0.3, 0.4) is 0 Å². The number of aromatic nitrogens is 4. The Hall–Kier alpha value is -1.49. The molecule has 5 heteroatoms. The Balaban J connectivity index is 2.10. The molecule has 0 amide bonds. The number of fused-ring (bicyclic) bond motifs is 1. The molecule has 2 aromatic rings. The lowest BCUT2D eigenvalue weighted by Crippen LogP contribution is -2.19. The second-order valence-electron chi connectivity index (χ2n) is 5.95. The quantitative estimate of drug-likeness (QED) is 0.833. The van der Waals surface area contributed by atoms with E-state index in [0.717, 1.165) is 30.1 Å². The molecule has 0 radical (unpaired) electrons. The molecule has 2 aromatic heterocycles. The summed E-state index contributed by atoms with van der Waals surface area (Å²) in [6, 6.07) is 4.33. The van der Waals surface area contributed by atoms with E-state index in [1.807, 2.05) is 16.6 Å².